The average molecular weight is 427 g/mol. The van der Waals surface area contributed by atoms with Crippen LogP contribution in [-0.2, 0) is 13.1 Å². The first-order valence-corrected chi connectivity index (χ1v) is 11.2. The minimum absolute atomic E-state index is 0.0826. The molecule has 1 aliphatic rings. The summed E-state index contributed by atoms with van der Waals surface area (Å²) in [5.41, 5.74) is 3.02. The predicted octanol–water partition coefficient (Wildman–Crippen LogP) is 4.67. The van der Waals surface area contributed by atoms with Crippen molar-refractivity contribution in [1.29, 1.82) is 0 Å². The maximum Gasteiger partial charge on any atom is 0.124 e. The molecule has 1 atom stereocenters. The fourth-order valence-electron chi connectivity index (χ4n) is 4.28. The Kier molecular flexibility index (Phi) is 5.26. The highest BCUT2D eigenvalue weighted by molar-refractivity contribution is 7.18. The van der Waals surface area contributed by atoms with Gasteiger partial charge in [0, 0.05) is 24.0 Å². The third-order valence-corrected chi connectivity index (χ3v) is 7.08. The van der Waals surface area contributed by atoms with Gasteiger partial charge in [0.05, 0.1) is 39.4 Å². The van der Waals surface area contributed by atoms with E-state index in [4.69, 9.17) is 21.6 Å². The van der Waals surface area contributed by atoms with Gasteiger partial charge in [-0.1, -0.05) is 23.7 Å². The minimum atomic E-state index is 0.0826. The molecule has 0 amide bonds. The molecule has 29 heavy (non-hydrogen) atoms. The lowest BCUT2D eigenvalue weighted by atomic mass is 9.99. The molecular weight excluding hydrogens is 404 g/mol. The fourth-order valence-corrected chi connectivity index (χ4v) is 5.54. The third kappa shape index (κ3) is 3.78. The van der Waals surface area contributed by atoms with Crippen LogP contribution in [0.5, 0.6) is 0 Å². The van der Waals surface area contributed by atoms with Gasteiger partial charge in [0.15, 0.2) is 0 Å². The number of benzene rings is 2. The number of fused-ring (bicyclic) bond motifs is 2. The molecule has 0 radical (unpaired) electrons. The zero-order valence-corrected chi connectivity index (χ0v) is 17.7. The molecule has 3 heterocycles. The Morgan fingerprint density at radius 2 is 2.03 bits per heavy atom. The van der Waals surface area contributed by atoms with Crippen molar-refractivity contribution in [3.05, 3.63) is 58.3 Å². The van der Waals surface area contributed by atoms with Crippen LogP contribution >= 0.6 is 22.9 Å². The number of imidazole rings is 1. The van der Waals surface area contributed by atoms with Crippen molar-refractivity contribution in [3.8, 4) is 0 Å². The molecule has 0 aliphatic carbocycles. The van der Waals surface area contributed by atoms with Crippen molar-refractivity contribution in [2.45, 2.75) is 31.8 Å². The second-order valence-electron chi connectivity index (χ2n) is 7.63. The molecule has 2 aromatic carbocycles. The monoisotopic (exact) mass is 426 g/mol. The highest BCUT2D eigenvalue weighted by Gasteiger charge is 2.25. The summed E-state index contributed by atoms with van der Waals surface area (Å²) >= 11 is 8.02. The third-order valence-electron chi connectivity index (χ3n) is 5.64. The Morgan fingerprint density at radius 3 is 2.90 bits per heavy atom. The van der Waals surface area contributed by atoms with Gasteiger partial charge in [-0.2, -0.15) is 0 Å². The van der Waals surface area contributed by atoms with E-state index in [1.807, 2.05) is 29.5 Å². The maximum absolute atomic E-state index is 9.55. The first-order valence-electron chi connectivity index (χ1n) is 10.0. The molecule has 0 bridgehead atoms. The van der Waals surface area contributed by atoms with Crippen molar-refractivity contribution >= 4 is 44.2 Å². The Balaban J connectivity index is 1.39. The number of aromatic nitrogens is 3. The molecule has 0 spiro atoms. The van der Waals surface area contributed by atoms with E-state index in [0.717, 1.165) is 48.4 Å². The van der Waals surface area contributed by atoms with Gasteiger partial charge in [-0.3, -0.25) is 4.90 Å². The van der Waals surface area contributed by atoms with Gasteiger partial charge in [-0.05, 0) is 49.7 Å². The molecule has 5 rings (SSSR count). The zero-order chi connectivity index (χ0) is 19.8. The highest BCUT2D eigenvalue weighted by atomic mass is 35.5. The summed E-state index contributed by atoms with van der Waals surface area (Å²) < 4.78 is 3.36. The van der Waals surface area contributed by atoms with Crippen LogP contribution in [0.4, 0.5) is 0 Å². The quantitative estimate of drug-likeness (QED) is 0.503. The zero-order valence-electron chi connectivity index (χ0n) is 16.1. The van der Waals surface area contributed by atoms with E-state index in [0.29, 0.717) is 17.5 Å². The van der Waals surface area contributed by atoms with Crippen molar-refractivity contribution in [2.75, 3.05) is 19.7 Å². The van der Waals surface area contributed by atoms with Crippen LogP contribution in [-0.4, -0.2) is 44.2 Å². The summed E-state index contributed by atoms with van der Waals surface area (Å²) in [5.74, 6) is 1.45. The molecule has 1 unspecified atom stereocenters. The highest BCUT2D eigenvalue weighted by Crippen LogP contribution is 2.33. The van der Waals surface area contributed by atoms with Gasteiger partial charge in [0.25, 0.3) is 0 Å². The lowest BCUT2D eigenvalue weighted by Gasteiger charge is -2.31. The first-order chi connectivity index (χ1) is 14.2. The molecular formula is C22H23ClN4OS. The van der Waals surface area contributed by atoms with Crippen molar-refractivity contribution in [1.82, 2.24) is 19.4 Å². The van der Waals surface area contributed by atoms with Crippen LogP contribution in [0.1, 0.15) is 29.6 Å². The molecule has 1 fully saturated rings. The van der Waals surface area contributed by atoms with E-state index in [9.17, 15) is 5.11 Å². The number of aliphatic hydroxyl groups is 1. The van der Waals surface area contributed by atoms with Gasteiger partial charge < -0.3 is 9.67 Å². The van der Waals surface area contributed by atoms with E-state index >= 15 is 0 Å². The van der Waals surface area contributed by atoms with Gasteiger partial charge >= 0.3 is 0 Å². The molecule has 1 N–H and O–H groups in total. The molecule has 7 heteroatoms. The second-order valence-corrected chi connectivity index (χ2v) is 9.13. The van der Waals surface area contributed by atoms with E-state index in [1.165, 1.54) is 16.1 Å². The molecule has 2 aromatic heterocycles. The smallest absolute Gasteiger partial charge is 0.124 e. The Labute approximate surface area is 178 Å². The fraction of sp³-hybridized carbons (Fsp3) is 0.364. The molecule has 1 aliphatic heterocycles. The largest absolute Gasteiger partial charge is 0.395 e. The van der Waals surface area contributed by atoms with Crippen LogP contribution in [0.15, 0.2) is 42.5 Å². The summed E-state index contributed by atoms with van der Waals surface area (Å²) in [4.78, 5) is 12.2. The number of piperidine rings is 1. The maximum atomic E-state index is 9.55. The molecule has 5 nitrogen and oxygen atoms in total. The van der Waals surface area contributed by atoms with Gasteiger partial charge in [-0.15, -0.1) is 11.3 Å². The summed E-state index contributed by atoms with van der Waals surface area (Å²) in [7, 11) is 0. The molecule has 1 saturated heterocycles. The van der Waals surface area contributed by atoms with Crippen LogP contribution in [0, 0.1) is 0 Å². The average Bonchev–Trinajstić information content (AvgIpc) is 3.30. The van der Waals surface area contributed by atoms with Gasteiger partial charge in [0.1, 0.15) is 5.82 Å². The number of hydrogen-bond donors (Lipinski definition) is 1. The number of hydrogen-bond acceptors (Lipinski definition) is 5. The van der Waals surface area contributed by atoms with E-state index in [-0.39, 0.29) is 6.61 Å². The van der Waals surface area contributed by atoms with Gasteiger partial charge in [0.2, 0.25) is 0 Å². The Hall–Kier alpha value is -1.99. The number of likely N-dealkylation sites (tertiary alicyclic amines) is 1. The number of para-hydroxylation sites is 1. The minimum Gasteiger partial charge on any atom is -0.395 e. The van der Waals surface area contributed by atoms with Crippen LogP contribution in [0.2, 0.25) is 5.02 Å². The summed E-state index contributed by atoms with van der Waals surface area (Å²) in [6, 6.07) is 14.1. The number of thiazole rings is 1. The number of halogens is 1. The number of nitrogens with zero attached hydrogens (tertiary/aromatic N) is 4. The molecule has 4 aromatic rings. The van der Waals surface area contributed by atoms with Crippen molar-refractivity contribution in [2.24, 2.45) is 0 Å². The van der Waals surface area contributed by atoms with E-state index < -0.39 is 0 Å². The number of aliphatic hydroxyl groups excluding tert-OH is 1. The standard InChI is InChI=1S/C22H23ClN4OS/c23-16-7-8-17-19(12-16)27(10-11-28)21(24-17)14-26-9-3-4-15(13-26)22-25-18-5-1-2-6-20(18)29-22/h1-2,5-8,12,15,28H,3-4,9-11,13-14H2. The predicted molar refractivity (Wildman–Crippen MR) is 119 cm³/mol. The Bertz CT molecular complexity index is 1120. The number of rotatable bonds is 5. The normalized spacial score (nSPS) is 18.1. The summed E-state index contributed by atoms with van der Waals surface area (Å²) in [6.07, 6.45) is 2.34. The SMILES string of the molecule is OCCn1c(CN2CCCC(c3nc4ccccc4s3)C2)nc2ccc(Cl)cc21. The molecule has 150 valence electrons. The van der Waals surface area contributed by atoms with Crippen LogP contribution < -0.4 is 0 Å². The van der Waals surface area contributed by atoms with Crippen molar-refractivity contribution in [3.63, 3.8) is 0 Å². The Morgan fingerprint density at radius 1 is 1.14 bits per heavy atom. The van der Waals surface area contributed by atoms with Gasteiger partial charge in [-0.25, -0.2) is 9.97 Å². The van der Waals surface area contributed by atoms with Crippen molar-refractivity contribution < 1.29 is 5.11 Å². The van der Waals surface area contributed by atoms with E-state index in [1.54, 1.807) is 0 Å². The topological polar surface area (TPSA) is 54.2 Å². The second kappa shape index (κ2) is 8.03. The lowest BCUT2D eigenvalue weighted by molar-refractivity contribution is 0.191. The van der Waals surface area contributed by atoms with Crippen LogP contribution in [0.25, 0.3) is 21.3 Å². The first kappa shape index (κ1) is 19.0. The van der Waals surface area contributed by atoms with E-state index in [2.05, 4.69) is 33.7 Å². The molecule has 0 saturated carbocycles. The van der Waals surface area contributed by atoms with Crippen LogP contribution in [0.3, 0.4) is 0 Å². The summed E-state index contributed by atoms with van der Waals surface area (Å²) in [5, 5.41) is 11.5. The lowest BCUT2D eigenvalue weighted by Crippen LogP contribution is -2.34. The summed E-state index contributed by atoms with van der Waals surface area (Å²) in [6.45, 7) is 3.43.